The maximum atomic E-state index is 12.3. The Morgan fingerprint density at radius 1 is 1.00 bits per heavy atom. The quantitative estimate of drug-likeness (QED) is 0.640. The van der Waals surface area contributed by atoms with E-state index < -0.39 is 9.84 Å². The summed E-state index contributed by atoms with van der Waals surface area (Å²) in [5, 5.41) is 0. The molecule has 0 saturated carbocycles. The van der Waals surface area contributed by atoms with E-state index in [1.807, 2.05) is 36.4 Å². The number of nitrogens with zero attached hydrogens (tertiary/aromatic N) is 5. The molecule has 0 bridgehead atoms. The van der Waals surface area contributed by atoms with E-state index >= 15 is 0 Å². The highest BCUT2D eigenvalue weighted by Gasteiger charge is 2.28. The van der Waals surface area contributed by atoms with Gasteiger partial charge in [-0.25, -0.2) is 18.4 Å². The average molecular weight is 410 g/mol. The molecule has 0 radical (unpaired) electrons. The summed E-state index contributed by atoms with van der Waals surface area (Å²) in [4.78, 5) is 20.2. The molecule has 1 aliphatic heterocycles. The van der Waals surface area contributed by atoms with E-state index in [2.05, 4.69) is 24.8 Å². The topological polar surface area (TPSA) is 88.9 Å². The monoisotopic (exact) mass is 409 g/mol. The molecular formula is C21H23N5O2S. The van der Waals surface area contributed by atoms with Crippen LogP contribution in [-0.2, 0) is 16.4 Å². The first-order valence-electron chi connectivity index (χ1n) is 9.61. The van der Waals surface area contributed by atoms with E-state index in [9.17, 15) is 8.42 Å². The molecule has 7 nitrogen and oxygen atoms in total. The standard InChI is InChI=1S/C21H23N5O2S/c1-29(27,28)19-14-24-21(18-7-3-5-11-23-18)25-20(19)16-8-12-26(13-9-16)15-17-6-2-4-10-22-17/h2-7,10-11,14,16H,8-9,12-13,15H2,1H3. The molecule has 3 aromatic rings. The molecule has 3 aromatic heterocycles. The Morgan fingerprint density at radius 3 is 2.34 bits per heavy atom. The molecule has 0 aromatic carbocycles. The molecule has 0 unspecified atom stereocenters. The number of hydrogen-bond acceptors (Lipinski definition) is 7. The normalized spacial score (nSPS) is 16.0. The van der Waals surface area contributed by atoms with Gasteiger partial charge >= 0.3 is 0 Å². The lowest BCUT2D eigenvalue weighted by atomic mass is 9.93. The average Bonchev–Trinajstić information content (AvgIpc) is 2.75. The molecule has 29 heavy (non-hydrogen) atoms. The lowest BCUT2D eigenvalue weighted by Crippen LogP contribution is -2.33. The molecule has 4 heterocycles. The van der Waals surface area contributed by atoms with Crippen LogP contribution in [0, 0.1) is 0 Å². The van der Waals surface area contributed by atoms with Crippen molar-refractivity contribution in [3.63, 3.8) is 0 Å². The van der Waals surface area contributed by atoms with Gasteiger partial charge in [0.25, 0.3) is 0 Å². The zero-order valence-electron chi connectivity index (χ0n) is 16.3. The van der Waals surface area contributed by atoms with Gasteiger partial charge in [0.2, 0.25) is 0 Å². The minimum absolute atomic E-state index is 0.0742. The van der Waals surface area contributed by atoms with Crippen LogP contribution in [0.5, 0.6) is 0 Å². The fraction of sp³-hybridized carbons (Fsp3) is 0.333. The first-order valence-corrected chi connectivity index (χ1v) is 11.5. The van der Waals surface area contributed by atoms with Gasteiger partial charge in [-0.05, 0) is 50.2 Å². The zero-order chi connectivity index (χ0) is 20.3. The molecule has 0 spiro atoms. The Morgan fingerprint density at radius 2 is 1.72 bits per heavy atom. The molecule has 0 N–H and O–H groups in total. The van der Waals surface area contributed by atoms with Crippen LogP contribution in [0.3, 0.4) is 0 Å². The van der Waals surface area contributed by atoms with Gasteiger partial charge in [0.05, 0.1) is 11.4 Å². The van der Waals surface area contributed by atoms with E-state index in [-0.39, 0.29) is 10.8 Å². The number of sulfone groups is 1. The lowest BCUT2D eigenvalue weighted by molar-refractivity contribution is 0.200. The molecule has 1 saturated heterocycles. The summed E-state index contributed by atoms with van der Waals surface area (Å²) >= 11 is 0. The van der Waals surface area contributed by atoms with Crippen molar-refractivity contribution in [2.75, 3.05) is 19.3 Å². The number of aromatic nitrogens is 4. The van der Waals surface area contributed by atoms with Crippen LogP contribution in [0.25, 0.3) is 11.5 Å². The number of likely N-dealkylation sites (tertiary alicyclic amines) is 1. The summed E-state index contributed by atoms with van der Waals surface area (Å²) in [6.07, 6.45) is 7.81. The van der Waals surface area contributed by atoms with Crippen LogP contribution in [0.1, 0.15) is 30.1 Å². The Kier molecular flexibility index (Phi) is 5.64. The van der Waals surface area contributed by atoms with E-state index in [4.69, 9.17) is 0 Å². The maximum absolute atomic E-state index is 12.3. The zero-order valence-corrected chi connectivity index (χ0v) is 17.1. The summed E-state index contributed by atoms with van der Waals surface area (Å²) in [5.41, 5.74) is 2.30. The van der Waals surface area contributed by atoms with Gasteiger partial charge in [0.15, 0.2) is 15.7 Å². The first-order chi connectivity index (χ1) is 14.0. The van der Waals surface area contributed by atoms with Gasteiger partial charge in [0, 0.05) is 37.3 Å². The van der Waals surface area contributed by atoms with Gasteiger partial charge in [-0.2, -0.15) is 0 Å². The summed E-state index contributed by atoms with van der Waals surface area (Å²) < 4.78 is 24.7. The molecule has 1 aliphatic rings. The fourth-order valence-electron chi connectivity index (χ4n) is 3.67. The molecule has 150 valence electrons. The van der Waals surface area contributed by atoms with E-state index in [1.54, 1.807) is 12.4 Å². The third-order valence-corrected chi connectivity index (χ3v) is 6.28. The maximum Gasteiger partial charge on any atom is 0.178 e. The van der Waals surface area contributed by atoms with Gasteiger partial charge in [0.1, 0.15) is 10.6 Å². The van der Waals surface area contributed by atoms with Crippen molar-refractivity contribution in [2.45, 2.75) is 30.2 Å². The molecule has 4 rings (SSSR count). The van der Waals surface area contributed by atoms with E-state index in [0.717, 1.165) is 38.2 Å². The third kappa shape index (κ3) is 4.65. The van der Waals surface area contributed by atoms with Crippen LogP contribution in [0.2, 0.25) is 0 Å². The summed E-state index contributed by atoms with van der Waals surface area (Å²) in [5.74, 6) is 0.536. The van der Waals surface area contributed by atoms with Crippen molar-refractivity contribution < 1.29 is 8.42 Å². The van der Waals surface area contributed by atoms with E-state index in [0.29, 0.717) is 17.2 Å². The molecular weight excluding hydrogens is 386 g/mol. The van der Waals surface area contributed by atoms with E-state index in [1.165, 1.54) is 12.5 Å². The van der Waals surface area contributed by atoms with Gasteiger partial charge in [-0.1, -0.05) is 12.1 Å². The van der Waals surface area contributed by atoms with Gasteiger partial charge < -0.3 is 0 Å². The SMILES string of the molecule is CS(=O)(=O)c1cnc(-c2ccccn2)nc1C1CCN(Cc2ccccn2)CC1. The van der Waals surface area contributed by atoms with Crippen LogP contribution in [0.15, 0.2) is 59.9 Å². The third-order valence-electron chi connectivity index (χ3n) is 5.16. The van der Waals surface area contributed by atoms with Crippen molar-refractivity contribution in [3.8, 4) is 11.5 Å². The van der Waals surface area contributed by atoms with Crippen LogP contribution in [0.4, 0.5) is 0 Å². The summed E-state index contributed by atoms with van der Waals surface area (Å²) in [7, 11) is -3.41. The molecule has 1 fully saturated rings. The molecule has 0 aliphatic carbocycles. The highest BCUT2D eigenvalue weighted by atomic mass is 32.2. The lowest BCUT2D eigenvalue weighted by Gasteiger charge is -2.32. The Balaban J connectivity index is 1.57. The van der Waals surface area contributed by atoms with Crippen LogP contribution >= 0.6 is 0 Å². The van der Waals surface area contributed by atoms with Crippen molar-refractivity contribution in [1.82, 2.24) is 24.8 Å². The number of rotatable bonds is 5. The number of hydrogen-bond donors (Lipinski definition) is 0. The Bertz CT molecular complexity index is 1070. The highest BCUT2D eigenvalue weighted by Crippen LogP contribution is 2.32. The second kappa shape index (κ2) is 8.34. The molecule has 0 amide bonds. The fourth-order valence-corrected chi connectivity index (χ4v) is 4.50. The highest BCUT2D eigenvalue weighted by molar-refractivity contribution is 7.90. The Hall–Kier alpha value is -2.71. The van der Waals surface area contributed by atoms with Crippen LogP contribution < -0.4 is 0 Å². The summed E-state index contributed by atoms with van der Waals surface area (Å²) in [6.45, 7) is 2.54. The summed E-state index contributed by atoms with van der Waals surface area (Å²) in [6, 6.07) is 11.5. The minimum atomic E-state index is -3.41. The smallest absolute Gasteiger partial charge is 0.178 e. The number of pyridine rings is 2. The predicted molar refractivity (Wildman–Crippen MR) is 110 cm³/mol. The Labute approximate surface area is 170 Å². The predicted octanol–water partition coefficient (Wildman–Crippen LogP) is 2.72. The van der Waals surface area contributed by atoms with Crippen LogP contribution in [-0.4, -0.2) is 52.6 Å². The van der Waals surface area contributed by atoms with Crippen molar-refractivity contribution in [3.05, 3.63) is 66.4 Å². The molecule has 8 heteroatoms. The largest absolute Gasteiger partial charge is 0.297 e. The van der Waals surface area contributed by atoms with Crippen molar-refractivity contribution in [1.29, 1.82) is 0 Å². The number of piperidine rings is 1. The van der Waals surface area contributed by atoms with Crippen molar-refractivity contribution >= 4 is 9.84 Å². The second-order valence-electron chi connectivity index (χ2n) is 7.30. The minimum Gasteiger partial charge on any atom is -0.297 e. The first kappa shape index (κ1) is 19.6. The molecule has 0 atom stereocenters. The van der Waals surface area contributed by atoms with Gasteiger partial charge in [-0.15, -0.1) is 0 Å². The second-order valence-corrected chi connectivity index (χ2v) is 9.29. The van der Waals surface area contributed by atoms with Gasteiger partial charge in [-0.3, -0.25) is 14.9 Å². The van der Waals surface area contributed by atoms with Crippen molar-refractivity contribution in [2.24, 2.45) is 0 Å².